The maximum atomic E-state index is 13.9. The number of carbonyl (C=O) groups is 1. The van der Waals surface area contributed by atoms with Crippen molar-refractivity contribution >= 4 is 27.5 Å². The summed E-state index contributed by atoms with van der Waals surface area (Å²) in [6.07, 6.45) is -12.3. The summed E-state index contributed by atoms with van der Waals surface area (Å²) in [7, 11) is 0. The van der Waals surface area contributed by atoms with Crippen molar-refractivity contribution < 1.29 is 35.5 Å². The van der Waals surface area contributed by atoms with Gasteiger partial charge in [0.25, 0.3) is 5.91 Å². The van der Waals surface area contributed by atoms with Crippen LogP contribution < -0.4 is 10.6 Å². The van der Waals surface area contributed by atoms with Gasteiger partial charge >= 0.3 is 12.4 Å². The van der Waals surface area contributed by atoms with Crippen LogP contribution in [0.1, 0.15) is 16.8 Å². The van der Waals surface area contributed by atoms with Gasteiger partial charge in [0, 0.05) is 17.6 Å². The number of halogens is 8. The van der Waals surface area contributed by atoms with E-state index in [1.54, 1.807) is 0 Å². The van der Waals surface area contributed by atoms with Crippen LogP contribution in [0.25, 0.3) is 0 Å². The third-order valence-electron chi connectivity index (χ3n) is 3.98. The van der Waals surface area contributed by atoms with Crippen LogP contribution >= 0.6 is 15.9 Å². The van der Waals surface area contributed by atoms with Gasteiger partial charge < -0.3 is 10.6 Å². The number of hydrogen-bond donors (Lipinski definition) is 1. The van der Waals surface area contributed by atoms with Crippen LogP contribution in [-0.4, -0.2) is 31.3 Å². The molecule has 1 amide bonds. The molecule has 0 unspecified atom stereocenters. The second-order valence-electron chi connectivity index (χ2n) is 5.40. The molecule has 11 heteroatoms. The molecule has 2 N–H and O–H groups in total. The number of rotatable bonds is 2. The largest absolute Gasteiger partial charge is 0.404 e. The third kappa shape index (κ3) is 2.93. The number of alkyl halides is 6. The summed E-state index contributed by atoms with van der Waals surface area (Å²) in [6, 6.07) is 1.91. The molecule has 0 aliphatic carbocycles. The number of anilines is 1. The molecule has 1 heterocycles. The lowest BCUT2D eigenvalue weighted by Gasteiger charge is -2.34. The highest BCUT2D eigenvalue weighted by Gasteiger charge is 2.72. The second-order valence-corrected chi connectivity index (χ2v) is 6.31. The van der Waals surface area contributed by atoms with Gasteiger partial charge in [-0.1, -0.05) is 15.9 Å². The van der Waals surface area contributed by atoms with Crippen molar-refractivity contribution in [2.24, 2.45) is 11.1 Å². The fourth-order valence-electron chi connectivity index (χ4n) is 2.69. The molecule has 0 bridgehead atoms. The molecule has 1 aliphatic heterocycles. The molecule has 1 aromatic rings. The lowest BCUT2D eigenvalue weighted by molar-refractivity contribution is -0.332. The Balaban J connectivity index is 2.53. The predicted octanol–water partition coefficient (Wildman–Crippen LogP) is 4.01. The zero-order chi connectivity index (χ0) is 18.5. The summed E-state index contributed by atoms with van der Waals surface area (Å²) >= 11 is 2.89. The lowest BCUT2D eigenvalue weighted by Crippen LogP contribution is -2.51. The summed E-state index contributed by atoms with van der Waals surface area (Å²) in [4.78, 5) is 12.0. The highest BCUT2D eigenvalue weighted by molar-refractivity contribution is 9.10. The van der Waals surface area contributed by atoms with Crippen molar-refractivity contribution in [2.45, 2.75) is 18.8 Å². The van der Waals surface area contributed by atoms with E-state index in [1.165, 1.54) is 0 Å². The fourth-order valence-corrected chi connectivity index (χ4v) is 3.11. The molecule has 24 heavy (non-hydrogen) atoms. The van der Waals surface area contributed by atoms with Crippen LogP contribution in [0.5, 0.6) is 0 Å². The maximum Gasteiger partial charge on any atom is 0.404 e. The lowest BCUT2D eigenvalue weighted by atomic mass is 9.85. The van der Waals surface area contributed by atoms with Crippen LogP contribution in [0.15, 0.2) is 16.6 Å². The molecule has 0 saturated carbocycles. The zero-order valence-electron chi connectivity index (χ0n) is 11.7. The van der Waals surface area contributed by atoms with E-state index in [9.17, 15) is 35.5 Å². The van der Waals surface area contributed by atoms with Gasteiger partial charge in [0.2, 0.25) is 0 Å². The Kier molecular flexibility index (Phi) is 4.53. The fraction of sp³-hybridized carbons (Fsp3) is 0.462. The molecule has 3 nitrogen and oxygen atoms in total. The highest BCUT2D eigenvalue weighted by Crippen LogP contribution is 2.56. The van der Waals surface area contributed by atoms with Crippen LogP contribution in [0.2, 0.25) is 0 Å². The van der Waals surface area contributed by atoms with Gasteiger partial charge in [0.1, 0.15) is 5.82 Å². The van der Waals surface area contributed by atoms with Gasteiger partial charge in [-0.25, -0.2) is 4.39 Å². The van der Waals surface area contributed by atoms with E-state index in [1.807, 2.05) is 0 Å². The molecule has 0 spiro atoms. The van der Waals surface area contributed by atoms with Gasteiger partial charge in [0.15, 0.2) is 5.41 Å². The maximum absolute atomic E-state index is 13.9. The first-order valence-corrected chi connectivity index (χ1v) is 7.27. The first-order chi connectivity index (χ1) is 10.8. The van der Waals surface area contributed by atoms with E-state index < -0.39 is 60.3 Å². The van der Waals surface area contributed by atoms with E-state index in [0.29, 0.717) is 4.90 Å². The van der Waals surface area contributed by atoms with E-state index in [2.05, 4.69) is 15.9 Å². The van der Waals surface area contributed by atoms with E-state index >= 15 is 0 Å². The van der Waals surface area contributed by atoms with Crippen molar-refractivity contribution in [3.05, 3.63) is 28.0 Å². The standard InChI is InChI=1S/C13H10BrF7N2O/c14-6-3-7(15)9(10(22)24)8(4-6)23-2-1-11(5-23,12(16,17)18)13(19,20)21/h3-4H,1-2,5H2,(H2,22,24). The normalized spacial score (nSPS) is 18.1. The number of hydrogen-bond acceptors (Lipinski definition) is 2. The van der Waals surface area contributed by atoms with Crippen LogP contribution in [0, 0.1) is 11.2 Å². The molecule has 1 aliphatic rings. The van der Waals surface area contributed by atoms with Crippen LogP contribution in [0.3, 0.4) is 0 Å². The predicted molar refractivity (Wildman–Crippen MR) is 74.0 cm³/mol. The van der Waals surface area contributed by atoms with Crippen LogP contribution in [-0.2, 0) is 0 Å². The highest BCUT2D eigenvalue weighted by atomic mass is 79.9. The quantitative estimate of drug-likeness (QED) is 0.732. The molecule has 1 aromatic carbocycles. The van der Waals surface area contributed by atoms with Crippen LogP contribution in [0.4, 0.5) is 36.4 Å². The number of nitrogens with two attached hydrogens (primary N) is 1. The summed E-state index contributed by atoms with van der Waals surface area (Å²) in [6.45, 7) is -2.13. The number of carbonyl (C=O) groups excluding carboxylic acids is 1. The smallest absolute Gasteiger partial charge is 0.369 e. The molecule has 0 radical (unpaired) electrons. The Labute approximate surface area is 139 Å². The molecular formula is C13H10BrF7N2O. The van der Waals surface area contributed by atoms with Crippen molar-refractivity contribution in [2.75, 3.05) is 18.0 Å². The molecule has 134 valence electrons. The summed E-state index contributed by atoms with van der Waals surface area (Å²) in [5.74, 6) is -2.42. The van der Waals surface area contributed by atoms with Gasteiger partial charge in [-0.2, -0.15) is 26.3 Å². The van der Waals surface area contributed by atoms with E-state index in [0.717, 1.165) is 12.1 Å². The number of nitrogens with zero attached hydrogens (tertiary/aromatic N) is 1. The SMILES string of the molecule is NC(=O)c1c(F)cc(Br)cc1N1CCC(C(F)(F)F)(C(F)(F)F)C1. The third-order valence-corrected chi connectivity index (χ3v) is 4.43. The second kappa shape index (κ2) is 5.78. The molecule has 1 fully saturated rings. The Morgan fingerprint density at radius 2 is 1.71 bits per heavy atom. The summed E-state index contributed by atoms with van der Waals surface area (Å²) in [5.41, 5.74) is -0.108. The summed E-state index contributed by atoms with van der Waals surface area (Å²) in [5, 5.41) is 0. The Morgan fingerprint density at radius 1 is 1.17 bits per heavy atom. The van der Waals surface area contributed by atoms with Crippen molar-refractivity contribution in [1.82, 2.24) is 0 Å². The number of primary amides is 1. The minimum Gasteiger partial charge on any atom is -0.369 e. The number of benzene rings is 1. The molecule has 0 atom stereocenters. The summed E-state index contributed by atoms with van der Waals surface area (Å²) < 4.78 is 92.5. The van der Waals surface area contributed by atoms with Crippen molar-refractivity contribution in [1.29, 1.82) is 0 Å². The molecule has 0 aromatic heterocycles. The average molecular weight is 423 g/mol. The Morgan fingerprint density at radius 3 is 2.12 bits per heavy atom. The van der Waals surface area contributed by atoms with Crippen molar-refractivity contribution in [3.8, 4) is 0 Å². The number of amides is 1. The Hall–Kier alpha value is -1.52. The monoisotopic (exact) mass is 422 g/mol. The zero-order valence-corrected chi connectivity index (χ0v) is 13.3. The van der Waals surface area contributed by atoms with Gasteiger partial charge in [-0.3, -0.25) is 4.79 Å². The Bertz CT molecular complexity index is 658. The first-order valence-electron chi connectivity index (χ1n) is 6.47. The van der Waals surface area contributed by atoms with Gasteiger partial charge in [-0.15, -0.1) is 0 Å². The average Bonchev–Trinajstić information content (AvgIpc) is 2.81. The minimum absolute atomic E-state index is 0.0523. The topological polar surface area (TPSA) is 46.3 Å². The minimum atomic E-state index is -5.54. The van der Waals surface area contributed by atoms with Crippen molar-refractivity contribution in [3.63, 3.8) is 0 Å². The first kappa shape index (κ1) is 18.8. The van der Waals surface area contributed by atoms with Gasteiger partial charge in [-0.05, 0) is 18.6 Å². The molecule has 1 saturated heterocycles. The van der Waals surface area contributed by atoms with E-state index in [4.69, 9.17) is 5.73 Å². The van der Waals surface area contributed by atoms with E-state index in [-0.39, 0.29) is 4.47 Å². The van der Waals surface area contributed by atoms with Gasteiger partial charge in [0.05, 0.1) is 11.3 Å². The molecule has 2 rings (SSSR count). The molecular weight excluding hydrogens is 413 g/mol.